The summed E-state index contributed by atoms with van der Waals surface area (Å²) < 4.78 is 0. The Labute approximate surface area is 84.1 Å². The smallest absolute Gasteiger partial charge is 0.0407 e. The van der Waals surface area contributed by atoms with E-state index in [2.05, 4.69) is 27.7 Å². The van der Waals surface area contributed by atoms with Gasteiger partial charge in [0.05, 0.1) is 0 Å². The second-order valence-electron chi connectivity index (χ2n) is 5.53. The van der Waals surface area contributed by atoms with E-state index in [1.165, 1.54) is 32.1 Å². The maximum Gasteiger partial charge on any atom is -0.0407 e. The first-order valence-electron chi connectivity index (χ1n) is 6.11. The normalized spacial score (nSPS) is 37.4. The van der Waals surface area contributed by atoms with Gasteiger partial charge < -0.3 is 0 Å². The molecule has 1 rings (SSSR count). The monoisotopic (exact) mass is 182 g/mol. The molecule has 0 aliphatic heterocycles. The first-order valence-corrected chi connectivity index (χ1v) is 6.11. The van der Waals surface area contributed by atoms with E-state index in [1.807, 2.05) is 0 Å². The van der Waals surface area contributed by atoms with E-state index < -0.39 is 0 Å². The molecule has 0 saturated heterocycles. The second kappa shape index (κ2) is 5.02. The molecule has 1 aliphatic rings. The summed E-state index contributed by atoms with van der Waals surface area (Å²) in [5.41, 5.74) is 0. The summed E-state index contributed by atoms with van der Waals surface area (Å²) in [5, 5.41) is 0. The van der Waals surface area contributed by atoms with Crippen LogP contribution in [0.1, 0.15) is 59.8 Å². The molecule has 78 valence electrons. The molecule has 0 amide bonds. The van der Waals surface area contributed by atoms with Gasteiger partial charge in [-0.25, -0.2) is 0 Å². The highest BCUT2D eigenvalue weighted by Gasteiger charge is 2.24. The summed E-state index contributed by atoms with van der Waals surface area (Å²) in [4.78, 5) is 0. The highest BCUT2D eigenvalue weighted by molar-refractivity contribution is 4.75. The van der Waals surface area contributed by atoms with Crippen molar-refractivity contribution in [2.75, 3.05) is 0 Å². The largest absolute Gasteiger partial charge is 0.0651 e. The van der Waals surface area contributed by atoms with Gasteiger partial charge in [-0.05, 0) is 49.4 Å². The molecule has 0 nitrogen and oxygen atoms in total. The first kappa shape index (κ1) is 11.1. The Balaban J connectivity index is 2.32. The van der Waals surface area contributed by atoms with Gasteiger partial charge in [-0.3, -0.25) is 0 Å². The van der Waals surface area contributed by atoms with Gasteiger partial charge in [0.15, 0.2) is 0 Å². The molecule has 0 radical (unpaired) electrons. The predicted octanol–water partition coefficient (Wildman–Crippen LogP) is 4.49. The summed E-state index contributed by atoms with van der Waals surface area (Å²) in [6.45, 7) is 9.59. The van der Waals surface area contributed by atoms with Gasteiger partial charge in [-0.2, -0.15) is 0 Å². The highest BCUT2D eigenvalue weighted by Crippen LogP contribution is 2.36. The van der Waals surface area contributed by atoms with Crippen molar-refractivity contribution in [2.24, 2.45) is 23.7 Å². The fourth-order valence-electron chi connectivity index (χ4n) is 3.04. The fraction of sp³-hybridized carbons (Fsp3) is 1.00. The van der Waals surface area contributed by atoms with Gasteiger partial charge in [-0.15, -0.1) is 0 Å². The molecular formula is C13H26. The van der Waals surface area contributed by atoms with Crippen molar-refractivity contribution in [2.45, 2.75) is 59.8 Å². The summed E-state index contributed by atoms with van der Waals surface area (Å²) in [5.74, 6) is 3.95. The fourth-order valence-corrected chi connectivity index (χ4v) is 3.04. The van der Waals surface area contributed by atoms with Crippen molar-refractivity contribution in [3.63, 3.8) is 0 Å². The molecule has 3 atom stereocenters. The third kappa shape index (κ3) is 3.70. The molecule has 3 unspecified atom stereocenters. The molecule has 1 aliphatic carbocycles. The average molecular weight is 182 g/mol. The van der Waals surface area contributed by atoms with Crippen LogP contribution in [-0.4, -0.2) is 0 Å². The lowest BCUT2D eigenvalue weighted by Crippen LogP contribution is -2.21. The Bertz CT molecular complexity index is 129. The summed E-state index contributed by atoms with van der Waals surface area (Å²) in [6, 6.07) is 0. The topological polar surface area (TPSA) is 0 Å². The molecule has 0 aromatic carbocycles. The lowest BCUT2D eigenvalue weighted by atomic mass is 9.73. The number of hydrogen-bond donors (Lipinski definition) is 0. The van der Waals surface area contributed by atoms with Crippen LogP contribution in [0.25, 0.3) is 0 Å². The van der Waals surface area contributed by atoms with Crippen molar-refractivity contribution >= 4 is 0 Å². The minimum atomic E-state index is 0.947. The van der Waals surface area contributed by atoms with Gasteiger partial charge in [0.1, 0.15) is 0 Å². The van der Waals surface area contributed by atoms with E-state index in [-0.39, 0.29) is 0 Å². The Kier molecular flexibility index (Phi) is 4.28. The molecule has 1 saturated carbocycles. The quantitative estimate of drug-likeness (QED) is 0.603. The van der Waals surface area contributed by atoms with Crippen LogP contribution in [-0.2, 0) is 0 Å². The van der Waals surface area contributed by atoms with E-state index in [0.717, 1.165) is 23.7 Å². The zero-order chi connectivity index (χ0) is 9.84. The maximum atomic E-state index is 2.43. The van der Waals surface area contributed by atoms with E-state index in [0.29, 0.717) is 0 Å². The Hall–Kier alpha value is 0. The van der Waals surface area contributed by atoms with Crippen molar-refractivity contribution in [1.82, 2.24) is 0 Å². The van der Waals surface area contributed by atoms with Gasteiger partial charge in [0.25, 0.3) is 0 Å². The van der Waals surface area contributed by atoms with Crippen molar-refractivity contribution in [3.8, 4) is 0 Å². The average Bonchev–Trinajstić information content (AvgIpc) is 2.02. The van der Waals surface area contributed by atoms with Crippen LogP contribution in [0.15, 0.2) is 0 Å². The zero-order valence-electron chi connectivity index (χ0n) is 9.84. The molecule has 13 heavy (non-hydrogen) atoms. The molecule has 0 heteroatoms. The molecule has 0 bridgehead atoms. The van der Waals surface area contributed by atoms with E-state index in [4.69, 9.17) is 0 Å². The third-order valence-corrected chi connectivity index (χ3v) is 3.71. The Morgan fingerprint density at radius 3 is 2.08 bits per heavy atom. The van der Waals surface area contributed by atoms with Gasteiger partial charge in [0, 0.05) is 0 Å². The zero-order valence-corrected chi connectivity index (χ0v) is 9.84. The number of hydrogen-bond acceptors (Lipinski definition) is 0. The molecule has 0 aromatic heterocycles. The SMILES string of the molecule is CCC(C)CC1CC(C)CC(C)C1. The lowest BCUT2D eigenvalue weighted by Gasteiger charge is -2.32. The molecule has 0 heterocycles. The van der Waals surface area contributed by atoms with Gasteiger partial charge in [-0.1, -0.05) is 34.1 Å². The van der Waals surface area contributed by atoms with E-state index in [1.54, 1.807) is 0 Å². The van der Waals surface area contributed by atoms with Crippen molar-refractivity contribution < 1.29 is 0 Å². The number of rotatable bonds is 3. The van der Waals surface area contributed by atoms with Crippen LogP contribution in [0.5, 0.6) is 0 Å². The predicted molar refractivity (Wildman–Crippen MR) is 59.7 cm³/mol. The third-order valence-electron chi connectivity index (χ3n) is 3.71. The van der Waals surface area contributed by atoms with E-state index >= 15 is 0 Å². The lowest BCUT2D eigenvalue weighted by molar-refractivity contribution is 0.191. The first-order chi connectivity index (χ1) is 6.11. The minimum Gasteiger partial charge on any atom is -0.0651 e. The van der Waals surface area contributed by atoms with Crippen molar-refractivity contribution in [1.29, 1.82) is 0 Å². The molecule has 0 spiro atoms. The van der Waals surface area contributed by atoms with Gasteiger partial charge >= 0.3 is 0 Å². The second-order valence-corrected chi connectivity index (χ2v) is 5.53. The molecular weight excluding hydrogens is 156 g/mol. The van der Waals surface area contributed by atoms with Gasteiger partial charge in [0.2, 0.25) is 0 Å². The minimum absolute atomic E-state index is 0.947. The Morgan fingerprint density at radius 2 is 1.62 bits per heavy atom. The molecule has 0 N–H and O–H groups in total. The Morgan fingerprint density at radius 1 is 1.08 bits per heavy atom. The van der Waals surface area contributed by atoms with Crippen LogP contribution >= 0.6 is 0 Å². The summed E-state index contributed by atoms with van der Waals surface area (Å²) in [6.07, 6.45) is 7.30. The standard InChI is InChI=1S/C13H26/c1-5-10(2)7-13-8-11(3)6-12(4)9-13/h10-13H,5-9H2,1-4H3. The van der Waals surface area contributed by atoms with Crippen molar-refractivity contribution in [3.05, 3.63) is 0 Å². The van der Waals surface area contributed by atoms with E-state index in [9.17, 15) is 0 Å². The van der Waals surface area contributed by atoms with Crippen LogP contribution < -0.4 is 0 Å². The molecule has 0 aromatic rings. The van der Waals surface area contributed by atoms with Crippen LogP contribution in [0.3, 0.4) is 0 Å². The van der Waals surface area contributed by atoms with Crippen LogP contribution in [0, 0.1) is 23.7 Å². The maximum absolute atomic E-state index is 2.43. The van der Waals surface area contributed by atoms with Crippen LogP contribution in [0.2, 0.25) is 0 Å². The molecule has 1 fully saturated rings. The van der Waals surface area contributed by atoms with Crippen LogP contribution in [0.4, 0.5) is 0 Å². The highest BCUT2D eigenvalue weighted by atomic mass is 14.3. The summed E-state index contributed by atoms with van der Waals surface area (Å²) in [7, 11) is 0. The summed E-state index contributed by atoms with van der Waals surface area (Å²) >= 11 is 0.